The van der Waals surface area contributed by atoms with Crippen LogP contribution in [0.1, 0.15) is 26.3 Å². The molecule has 0 aliphatic rings. The molecular weight excluding hydrogens is 360 g/mol. The molecule has 0 bridgehead atoms. The number of aryl methyl sites for hydroxylation is 1. The van der Waals surface area contributed by atoms with Gasteiger partial charge in [-0.15, -0.1) is 11.8 Å². The standard InChI is InChI=1S/C21H26N2O3S/c1-4-16-6-8-18(9-7-16)23-21(25)15(3)27-14-20(24)22-17-10-12-19(13-11-17)26-5-2/h6-13,15H,4-5,14H2,1-3H3,(H,22,24)(H,23,25)/t15-/m1/s1. The summed E-state index contributed by atoms with van der Waals surface area (Å²) in [6, 6.07) is 15.0. The fraction of sp³-hybridized carbons (Fsp3) is 0.333. The van der Waals surface area contributed by atoms with Gasteiger partial charge < -0.3 is 15.4 Å². The topological polar surface area (TPSA) is 67.4 Å². The lowest BCUT2D eigenvalue weighted by Gasteiger charge is -2.12. The average Bonchev–Trinajstić information content (AvgIpc) is 2.68. The van der Waals surface area contributed by atoms with Crippen molar-refractivity contribution in [1.29, 1.82) is 0 Å². The molecule has 2 aromatic carbocycles. The first-order valence-electron chi connectivity index (χ1n) is 9.06. The van der Waals surface area contributed by atoms with Crippen molar-refractivity contribution in [2.45, 2.75) is 32.4 Å². The molecule has 2 rings (SSSR count). The van der Waals surface area contributed by atoms with Gasteiger partial charge in [0.15, 0.2) is 0 Å². The molecule has 0 saturated carbocycles. The van der Waals surface area contributed by atoms with E-state index in [1.807, 2.05) is 43.3 Å². The Balaban J connectivity index is 1.76. The molecule has 27 heavy (non-hydrogen) atoms. The number of rotatable bonds is 9. The van der Waals surface area contributed by atoms with Crippen LogP contribution in [-0.2, 0) is 16.0 Å². The minimum absolute atomic E-state index is 0.113. The van der Waals surface area contributed by atoms with Gasteiger partial charge >= 0.3 is 0 Å². The lowest BCUT2D eigenvalue weighted by atomic mass is 10.1. The quantitative estimate of drug-likeness (QED) is 0.672. The zero-order valence-corrected chi connectivity index (χ0v) is 16.8. The van der Waals surface area contributed by atoms with Crippen molar-refractivity contribution in [2.75, 3.05) is 23.0 Å². The Kier molecular flexibility index (Phi) is 8.20. The Hall–Kier alpha value is -2.47. The van der Waals surface area contributed by atoms with E-state index >= 15 is 0 Å². The Morgan fingerprint density at radius 2 is 1.56 bits per heavy atom. The molecule has 0 saturated heterocycles. The Morgan fingerprint density at radius 3 is 2.15 bits per heavy atom. The summed E-state index contributed by atoms with van der Waals surface area (Å²) in [5, 5.41) is 5.37. The Morgan fingerprint density at radius 1 is 0.963 bits per heavy atom. The second-order valence-corrected chi connectivity index (χ2v) is 7.33. The smallest absolute Gasteiger partial charge is 0.237 e. The van der Waals surface area contributed by atoms with Crippen molar-refractivity contribution in [3.05, 3.63) is 54.1 Å². The van der Waals surface area contributed by atoms with E-state index in [-0.39, 0.29) is 22.8 Å². The molecule has 0 fully saturated rings. The summed E-state index contributed by atoms with van der Waals surface area (Å²) in [5.41, 5.74) is 2.70. The third-order valence-electron chi connectivity index (χ3n) is 3.91. The van der Waals surface area contributed by atoms with Gasteiger partial charge in [-0.2, -0.15) is 0 Å². The molecule has 0 radical (unpaired) electrons. The number of carbonyl (C=O) groups excluding carboxylic acids is 2. The maximum Gasteiger partial charge on any atom is 0.237 e. The van der Waals surface area contributed by atoms with E-state index in [9.17, 15) is 9.59 Å². The molecule has 2 N–H and O–H groups in total. The number of benzene rings is 2. The summed E-state index contributed by atoms with van der Waals surface area (Å²) in [6.45, 7) is 6.41. The zero-order valence-electron chi connectivity index (χ0n) is 16.0. The number of hydrogen-bond donors (Lipinski definition) is 2. The van der Waals surface area contributed by atoms with E-state index < -0.39 is 0 Å². The summed E-state index contributed by atoms with van der Waals surface area (Å²) < 4.78 is 5.37. The highest BCUT2D eigenvalue weighted by molar-refractivity contribution is 8.01. The highest BCUT2D eigenvalue weighted by Crippen LogP contribution is 2.18. The number of amides is 2. The van der Waals surface area contributed by atoms with E-state index in [0.717, 1.165) is 17.9 Å². The third kappa shape index (κ3) is 6.98. The number of carbonyl (C=O) groups is 2. The predicted molar refractivity (Wildman–Crippen MR) is 113 cm³/mol. The van der Waals surface area contributed by atoms with Crippen LogP contribution in [0.5, 0.6) is 5.75 Å². The molecule has 5 nitrogen and oxygen atoms in total. The molecule has 0 aliphatic carbocycles. The van der Waals surface area contributed by atoms with Crippen LogP contribution in [0.25, 0.3) is 0 Å². The largest absolute Gasteiger partial charge is 0.494 e. The van der Waals surface area contributed by atoms with E-state index in [0.29, 0.717) is 12.3 Å². The maximum absolute atomic E-state index is 12.3. The number of nitrogens with one attached hydrogen (secondary N) is 2. The van der Waals surface area contributed by atoms with E-state index in [1.165, 1.54) is 17.3 Å². The van der Waals surface area contributed by atoms with Crippen LogP contribution < -0.4 is 15.4 Å². The molecule has 1 atom stereocenters. The maximum atomic E-state index is 12.3. The lowest BCUT2D eigenvalue weighted by molar-refractivity contribution is -0.115. The van der Waals surface area contributed by atoms with Crippen molar-refractivity contribution in [2.24, 2.45) is 0 Å². The van der Waals surface area contributed by atoms with Crippen molar-refractivity contribution in [1.82, 2.24) is 0 Å². The lowest BCUT2D eigenvalue weighted by Crippen LogP contribution is -2.25. The molecule has 0 unspecified atom stereocenters. The van der Waals surface area contributed by atoms with Gasteiger partial charge in [0.1, 0.15) is 5.75 Å². The van der Waals surface area contributed by atoms with Gasteiger partial charge in [0.25, 0.3) is 0 Å². The molecule has 2 aromatic rings. The van der Waals surface area contributed by atoms with Gasteiger partial charge in [-0.1, -0.05) is 19.1 Å². The monoisotopic (exact) mass is 386 g/mol. The first-order valence-corrected chi connectivity index (χ1v) is 10.1. The minimum atomic E-state index is -0.332. The second-order valence-electron chi connectivity index (χ2n) is 6.00. The van der Waals surface area contributed by atoms with Crippen LogP contribution in [0, 0.1) is 0 Å². The molecule has 0 aliphatic heterocycles. The predicted octanol–water partition coefficient (Wildman–Crippen LogP) is 4.35. The first kappa shape index (κ1) is 20.8. The summed E-state index contributed by atoms with van der Waals surface area (Å²) in [7, 11) is 0. The highest BCUT2D eigenvalue weighted by Gasteiger charge is 2.15. The molecule has 144 valence electrons. The fourth-order valence-electron chi connectivity index (χ4n) is 2.34. The van der Waals surface area contributed by atoms with Crippen LogP contribution in [0.4, 0.5) is 11.4 Å². The van der Waals surface area contributed by atoms with Gasteiger partial charge in [-0.3, -0.25) is 9.59 Å². The van der Waals surface area contributed by atoms with Gasteiger partial charge in [-0.25, -0.2) is 0 Å². The fourth-order valence-corrected chi connectivity index (χ4v) is 3.03. The van der Waals surface area contributed by atoms with E-state index in [2.05, 4.69) is 17.6 Å². The summed E-state index contributed by atoms with van der Waals surface area (Å²) in [4.78, 5) is 24.3. The zero-order chi connectivity index (χ0) is 19.6. The third-order valence-corrected chi connectivity index (χ3v) is 5.06. The van der Waals surface area contributed by atoms with Crippen LogP contribution in [-0.4, -0.2) is 29.4 Å². The van der Waals surface area contributed by atoms with Crippen LogP contribution in [0.3, 0.4) is 0 Å². The summed E-state index contributed by atoms with van der Waals surface area (Å²) in [6.07, 6.45) is 0.962. The van der Waals surface area contributed by atoms with Crippen LogP contribution in [0.15, 0.2) is 48.5 Å². The molecule has 0 spiro atoms. The highest BCUT2D eigenvalue weighted by atomic mass is 32.2. The van der Waals surface area contributed by atoms with E-state index in [4.69, 9.17) is 4.74 Å². The van der Waals surface area contributed by atoms with Gasteiger partial charge in [0.2, 0.25) is 11.8 Å². The Bertz CT molecular complexity index is 745. The van der Waals surface area contributed by atoms with Gasteiger partial charge in [-0.05, 0) is 62.2 Å². The van der Waals surface area contributed by atoms with E-state index in [1.54, 1.807) is 19.1 Å². The summed E-state index contributed by atoms with van der Waals surface area (Å²) in [5.74, 6) is 0.715. The number of thioether (sulfide) groups is 1. The molecule has 0 heterocycles. The molecule has 6 heteroatoms. The van der Waals surface area contributed by atoms with Crippen LogP contribution >= 0.6 is 11.8 Å². The second kappa shape index (κ2) is 10.6. The van der Waals surface area contributed by atoms with Crippen molar-refractivity contribution >= 4 is 35.0 Å². The van der Waals surface area contributed by atoms with Crippen molar-refractivity contribution in [3.8, 4) is 5.75 Å². The normalized spacial score (nSPS) is 11.5. The van der Waals surface area contributed by atoms with Crippen LogP contribution in [0.2, 0.25) is 0 Å². The van der Waals surface area contributed by atoms with Crippen molar-refractivity contribution < 1.29 is 14.3 Å². The van der Waals surface area contributed by atoms with Crippen molar-refractivity contribution in [3.63, 3.8) is 0 Å². The molecular formula is C21H26N2O3S. The Labute approximate surface area is 164 Å². The first-order chi connectivity index (χ1) is 13.0. The number of ether oxygens (including phenoxy) is 1. The van der Waals surface area contributed by atoms with Gasteiger partial charge in [0.05, 0.1) is 17.6 Å². The molecule has 2 amide bonds. The average molecular weight is 387 g/mol. The SMILES string of the molecule is CCOc1ccc(NC(=O)CS[C@H](C)C(=O)Nc2ccc(CC)cc2)cc1. The number of hydrogen-bond acceptors (Lipinski definition) is 4. The summed E-state index contributed by atoms with van der Waals surface area (Å²) >= 11 is 1.30. The minimum Gasteiger partial charge on any atom is -0.494 e. The van der Waals surface area contributed by atoms with Gasteiger partial charge in [0, 0.05) is 11.4 Å². The molecule has 0 aromatic heterocycles. The number of anilines is 2.